The van der Waals surface area contributed by atoms with Gasteiger partial charge in [0.25, 0.3) is 0 Å². The van der Waals surface area contributed by atoms with E-state index in [-0.39, 0.29) is 16.9 Å². The average Bonchev–Trinajstić information content (AvgIpc) is 3.03. The van der Waals surface area contributed by atoms with Crippen LogP contribution >= 0.6 is 0 Å². The molecule has 9 heteroatoms. The fourth-order valence-electron chi connectivity index (χ4n) is 3.00. The fourth-order valence-corrected chi connectivity index (χ4v) is 3.51. The predicted molar refractivity (Wildman–Crippen MR) is 106 cm³/mol. The van der Waals surface area contributed by atoms with Gasteiger partial charge in [-0.25, -0.2) is 13.6 Å². The number of benzene rings is 2. The van der Waals surface area contributed by atoms with E-state index in [1.54, 1.807) is 24.0 Å². The molecule has 0 spiro atoms. The Hall–Kier alpha value is -3.09. The Morgan fingerprint density at radius 1 is 1.03 bits per heavy atom. The van der Waals surface area contributed by atoms with Crippen molar-refractivity contribution in [1.82, 2.24) is 9.78 Å². The first kappa shape index (κ1) is 21.6. The normalized spacial score (nSPS) is 11.8. The van der Waals surface area contributed by atoms with Crippen LogP contribution in [0.4, 0.5) is 13.2 Å². The number of hydrogen-bond donors (Lipinski definition) is 1. The van der Waals surface area contributed by atoms with Crippen LogP contribution in [-0.4, -0.2) is 18.2 Å². The summed E-state index contributed by atoms with van der Waals surface area (Å²) >= 11 is 0. The second kappa shape index (κ2) is 8.34. The molecule has 0 aliphatic rings. The summed E-state index contributed by atoms with van der Waals surface area (Å²) in [5.74, 6) is 5.86. The molecule has 3 aromatic rings. The lowest BCUT2D eigenvalue weighted by molar-refractivity contribution is -0.138. The van der Waals surface area contributed by atoms with Crippen molar-refractivity contribution in [2.24, 2.45) is 12.2 Å². The maximum absolute atomic E-state index is 13.2. The Balaban J connectivity index is 1.82. The van der Waals surface area contributed by atoms with Crippen molar-refractivity contribution in [2.75, 3.05) is 0 Å². The molecular weight excluding hydrogens is 415 g/mol. The van der Waals surface area contributed by atoms with Crippen molar-refractivity contribution < 1.29 is 21.6 Å². The number of alkyl halides is 3. The molecule has 3 rings (SSSR count). The van der Waals surface area contributed by atoms with Crippen LogP contribution < -0.4 is 5.14 Å². The monoisotopic (exact) mass is 433 g/mol. The van der Waals surface area contributed by atoms with Gasteiger partial charge in [0, 0.05) is 12.6 Å². The van der Waals surface area contributed by atoms with Gasteiger partial charge in [-0.05, 0) is 48.7 Å². The third kappa shape index (κ3) is 5.09. The van der Waals surface area contributed by atoms with Gasteiger partial charge in [-0.15, -0.1) is 0 Å². The Labute approximate surface area is 172 Å². The standard InChI is InChI=1S/C21H18F3N3O2S/c1-27-20(13-10-16-4-2-3-5-19(16)21(22,23)24)17(14-26-27)9-6-15-7-11-18(12-8-15)30(25,28)29/h2-5,7-8,11-12,14H,10,13H2,1H3,(H2,25,28,29). The van der Waals surface area contributed by atoms with Gasteiger partial charge in [0.1, 0.15) is 0 Å². The lowest BCUT2D eigenvalue weighted by Gasteiger charge is -2.12. The zero-order chi connectivity index (χ0) is 21.9. The van der Waals surface area contributed by atoms with Gasteiger partial charge in [0.2, 0.25) is 10.0 Å². The van der Waals surface area contributed by atoms with Crippen molar-refractivity contribution in [3.63, 3.8) is 0 Å². The van der Waals surface area contributed by atoms with Gasteiger partial charge in [0.05, 0.1) is 27.9 Å². The molecule has 0 fully saturated rings. The molecule has 30 heavy (non-hydrogen) atoms. The van der Waals surface area contributed by atoms with Crippen molar-refractivity contribution in [3.8, 4) is 11.8 Å². The van der Waals surface area contributed by atoms with Crippen molar-refractivity contribution >= 4 is 10.0 Å². The van der Waals surface area contributed by atoms with Crippen LogP contribution in [0.2, 0.25) is 0 Å². The Morgan fingerprint density at radius 3 is 2.33 bits per heavy atom. The minimum Gasteiger partial charge on any atom is -0.271 e. The van der Waals surface area contributed by atoms with Gasteiger partial charge >= 0.3 is 6.18 Å². The maximum atomic E-state index is 13.2. The number of halogens is 3. The quantitative estimate of drug-likeness (QED) is 0.642. The number of rotatable bonds is 4. The number of aryl methyl sites for hydroxylation is 2. The Morgan fingerprint density at radius 2 is 1.70 bits per heavy atom. The van der Waals surface area contributed by atoms with Gasteiger partial charge in [-0.2, -0.15) is 18.3 Å². The maximum Gasteiger partial charge on any atom is 0.416 e. The highest BCUT2D eigenvalue weighted by atomic mass is 32.2. The van der Waals surface area contributed by atoms with Crippen molar-refractivity contribution in [1.29, 1.82) is 0 Å². The third-order valence-electron chi connectivity index (χ3n) is 4.54. The third-order valence-corrected chi connectivity index (χ3v) is 5.47. The molecule has 5 nitrogen and oxygen atoms in total. The summed E-state index contributed by atoms with van der Waals surface area (Å²) in [5.41, 5.74) is 1.44. The molecule has 0 amide bonds. The van der Waals surface area contributed by atoms with Crippen LogP contribution in [0, 0.1) is 11.8 Å². The Bertz CT molecular complexity index is 1220. The first-order valence-corrected chi connectivity index (χ1v) is 10.4. The molecule has 0 radical (unpaired) electrons. The predicted octanol–water partition coefficient (Wildman–Crippen LogP) is 3.27. The molecule has 2 N–H and O–H groups in total. The smallest absolute Gasteiger partial charge is 0.271 e. The van der Waals surface area contributed by atoms with Crippen LogP contribution in [0.25, 0.3) is 0 Å². The summed E-state index contributed by atoms with van der Waals surface area (Å²) in [6.07, 6.45) is -2.34. The van der Waals surface area contributed by atoms with Crippen LogP contribution in [0.5, 0.6) is 0 Å². The molecule has 0 unspecified atom stereocenters. The van der Waals surface area contributed by atoms with Crippen LogP contribution in [0.3, 0.4) is 0 Å². The van der Waals surface area contributed by atoms with Crippen molar-refractivity contribution in [3.05, 3.63) is 82.7 Å². The first-order chi connectivity index (χ1) is 14.1. The molecule has 1 heterocycles. The lowest BCUT2D eigenvalue weighted by atomic mass is 10.0. The summed E-state index contributed by atoms with van der Waals surface area (Å²) in [4.78, 5) is -0.0153. The molecule has 0 aliphatic heterocycles. The minimum atomic E-state index is -4.41. The molecule has 0 bridgehead atoms. The van der Waals surface area contributed by atoms with E-state index in [0.29, 0.717) is 23.2 Å². The number of sulfonamides is 1. The molecule has 0 saturated carbocycles. The summed E-state index contributed by atoms with van der Waals surface area (Å²) in [6.45, 7) is 0. The highest BCUT2D eigenvalue weighted by Gasteiger charge is 2.32. The molecule has 0 aliphatic carbocycles. The summed E-state index contributed by atoms with van der Waals surface area (Å²) in [6, 6.07) is 11.3. The van der Waals surface area contributed by atoms with Crippen LogP contribution in [0.1, 0.15) is 27.9 Å². The highest BCUT2D eigenvalue weighted by molar-refractivity contribution is 7.89. The van der Waals surface area contributed by atoms with Crippen LogP contribution in [-0.2, 0) is 36.1 Å². The lowest BCUT2D eigenvalue weighted by Crippen LogP contribution is -2.11. The number of nitrogens with two attached hydrogens (primary N) is 1. The van der Waals surface area contributed by atoms with E-state index in [9.17, 15) is 21.6 Å². The number of primary sulfonamides is 1. The Kier molecular flexibility index (Phi) is 6.01. The van der Waals surface area contributed by atoms with E-state index < -0.39 is 21.8 Å². The van der Waals surface area contributed by atoms with E-state index in [2.05, 4.69) is 16.9 Å². The molecule has 156 valence electrons. The summed E-state index contributed by atoms with van der Waals surface area (Å²) in [5, 5.41) is 9.22. The second-order valence-corrected chi connectivity index (χ2v) is 8.16. The highest BCUT2D eigenvalue weighted by Crippen LogP contribution is 2.32. The second-order valence-electron chi connectivity index (χ2n) is 6.60. The number of hydrogen-bond acceptors (Lipinski definition) is 3. The van der Waals surface area contributed by atoms with E-state index in [1.807, 2.05) is 0 Å². The largest absolute Gasteiger partial charge is 0.416 e. The molecule has 0 saturated heterocycles. The number of aromatic nitrogens is 2. The van der Waals surface area contributed by atoms with Gasteiger partial charge in [-0.1, -0.05) is 30.0 Å². The van der Waals surface area contributed by atoms with E-state index in [1.165, 1.54) is 36.4 Å². The molecule has 2 aromatic carbocycles. The minimum absolute atomic E-state index is 0.0153. The first-order valence-electron chi connectivity index (χ1n) is 8.86. The topological polar surface area (TPSA) is 78.0 Å². The van der Waals surface area contributed by atoms with E-state index in [0.717, 1.165) is 6.07 Å². The van der Waals surface area contributed by atoms with Gasteiger partial charge < -0.3 is 0 Å². The summed E-state index contributed by atoms with van der Waals surface area (Å²) in [7, 11) is -2.07. The van der Waals surface area contributed by atoms with E-state index >= 15 is 0 Å². The van der Waals surface area contributed by atoms with Crippen molar-refractivity contribution in [2.45, 2.75) is 23.9 Å². The zero-order valence-electron chi connectivity index (χ0n) is 15.9. The van der Waals surface area contributed by atoms with Crippen LogP contribution in [0.15, 0.2) is 59.6 Å². The summed E-state index contributed by atoms with van der Waals surface area (Å²) < 4.78 is 63.8. The number of nitrogens with zero attached hydrogens (tertiary/aromatic N) is 2. The van der Waals surface area contributed by atoms with E-state index in [4.69, 9.17) is 5.14 Å². The average molecular weight is 433 g/mol. The van der Waals surface area contributed by atoms with Gasteiger partial charge in [0.15, 0.2) is 0 Å². The molecule has 1 aromatic heterocycles. The molecular formula is C21H18F3N3O2S. The zero-order valence-corrected chi connectivity index (χ0v) is 16.8. The molecule has 0 atom stereocenters. The fraction of sp³-hybridized carbons (Fsp3) is 0.190. The SMILES string of the molecule is Cn1ncc(C#Cc2ccc(S(N)(=O)=O)cc2)c1CCc1ccccc1C(F)(F)F. The van der Waals surface area contributed by atoms with Gasteiger partial charge in [-0.3, -0.25) is 4.68 Å².